The number of rotatable bonds is 3. The number of carbonyl (C=O) groups is 2. The van der Waals surface area contributed by atoms with E-state index in [-0.39, 0.29) is 5.91 Å². The SMILES string of the molecule is Cc1c(C(=O)N2CCCC2(C)C(=O)O)cnn1-c1ccc(Br)cc1. The molecule has 126 valence electrons. The molecule has 1 aliphatic heterocycles. The molecule has 0 spiro atoms. The predicted molar refractivity (Wildman–Crippen MR) is 92.3 cm³/mol. The maximum Gasteiger partial charge on any atom is 0.329 e. The van der Waals surface area contributed by atoms with E-state index in [0.29, 0.717) is 30.6 Å². The van der Waals surface area contributed by atoms with Crippen LogP contribution in [0.15, 0.2) is 34.9 Å². The predicted octanol–water partition coefficient (Wildman–Crippen LogP) is 3.02. The molecule has 1 saturated heterocycles. The lowest BCUT2D eigenvalue weighted by atomic mass is 9.98. The minimum absolute atomic E-state index is 0.279. The van der Waals surface area contributed by atoms with Gasteiger partial charge in [-0.2, -0.15) is 5.10 Å². The second-order valence-corrected chi connectivity index (χ2v) is 7.09. The number of carbonyl (C=O) groups excluding carboxylic acids is 1. The molecule has 1 N–H and O–H groups in total. The number of carboxylic acid groups (broad SMARTS) is 1. The van der Waals surface area contributed by atoms with Gasteiger partial charge in [0.05, 0.1) is 23.1 Å². The fraction of sp³-hybridized carbons (Fsp3) is 0.353. The largest absolute Gasteiger partial charge is 0.480 e. The summed E-state index contributed by atoms with van der Waals surface area (Å²) < 4.78 is 2.65. The van der Waals surface area contributed by atoms with E-state index in [4.69, 9.17) is 0 Å². The first-order valence-electron chi connectivity index (χ1n) is 7.70. The summed E-state index contributed by atoms with van der Waals surface area (Å²) in [6.45, 7) is 3.87. The molecule has 7 heteroatoms. The third kappa shape index (κ3) is 2.62. The van der Waals surface area contributed by atoms with Gasteiger partial charge in [0.25, 0.3) is 5.91 Å². The van der Waals surface area contributed by atoms with Gasteiger partial charge in [-0.25, -0.2) is 9.48 Å². The Morgan fingerprint density at radius 1 is 1.29 bits per heavy atom. The summed E-state index contributed by atoms with van der Waals surface area (Å²) in [6, 6.07) is 7.60. The minimum atomic E-state index is -1.15. The molecule has 1 aliphatic rings. The van der Waals surface area contributed by atoms with Crippen molar-refractivity contribution in [1.82, 2.24) is 14.7 Å². The van der Waals surface area contributed by atoms with Crippen LogP contribution < -0.4 is 0 Å². The van der Waals surface area contributed by atoms with Crippen LogP contribution in [-0.2, 0) is 4.79 Å². The number of aromatic nitrogens is 2. The van der Waals surface area contributed by atoms with Gasteiger partial charge >= 0.3 is 5.97 Å². The van der Waals surface area contributed by atoms with Gasteiger partial charge in [0.1, 0.15) is 5.54 Å². The second-order valence-electron chi connectivity index (χ2n) is 6.17. The molecule has 0 saturated carbocycles. The van der Waals surface area contributed by atoms with E-state index in [1.54, 1.807) is 11.6 Å². The van der Waals surface area contributed by atoms with E-state index in [2.05, 4.69) is 21.0 Å². The molecule has 1 aromatic heterocycles. The van der Waals surface area contributed by atoms with Crippen molar-refractivity contribution in [3.05, 3.63) is 46.2 Å². The summed E-state index contributed by atoms with van der Waals surface area (Å²) in [6.07, 6.45) is 2.67. The molecule has 1 aromatic carbocycles. The molecule has 1 fully saturated rings. The molecule has 3 rings (SSSR count). The monoisotopic (exact) mass is 391 g/mol. The van der Waals surface area contributed by atoms with Gasteiger partial charge in [0, 0.05) is 11.0 Å². The fourth-order valence-corrected chi connectivity index (χ4v) is 3.38. The number of hydrogen-bond acceptors (Lipinski definition) is 3. The Hall–Kier alpha value is -2.15. The molecule has 6 nitrogen and oxygen atoms in total. The van der Waals surface area contributed by atoms with Crippen molar-refractivity contribution < 1.29 is 14.7 Å². The van der Waals surface area contributed by atoms with E-state index in [0.717, 1.165) is 10.2 Å². The van der Waals surface area contributed by atoms with E-state index in [9.17, 15) is 14.7 Å². The minimum Gasteiger partial charge on any atom is -0.480 e. The highest BCUT2D eigenvalue weighted by Gasteiger charge is 2.46. The maximum absolute atomic E-state index is 12.9. The van der Waals surface area contributed by atoms with E-state index in [1.807, 2.05) is 31.2 Å². The van der Waals surface area contributed by atoms with Crippen LogP contribution in [0.1, 0.15) is 35.8 Å². The lowest BCUT2D eigenvalue weighted by Crippen LogP contribution is -2.50. The molecule has 2 aromatic rings. The Morgan fingerprint density at radius 2 is 1.96 bits per heavy atom. The summed E-state index contributed by atoms with van der Waals surface area (Å²) in [5.41, 5.74) is 0.829. The van der Waals surface area contributed by atoms with Crippen molar-refractivity contribution >= 4 is 27.8 Å². The van der Waals surface area contributed by atoms with Crippen LogP contribution in [0.3, 0.4) is 0 Å². The molecular weight excluding hydrogens is 374 g/mol. The van der Waals surface area contributed by atoms with E-state index >= 15 is 0 Å². The number of nitrogens with zero attached hydrogens (tertiary/aromatic N) is 3. The van der Waals surface area contributed by atoms with Crippen LogP contribution in [0.5, 0.6) is 0 Å². The van der Waals surface area contributed by atoms with E-state index in [1.165, 1.54) is 11.1 Å². The standard InChI is InChI=1S/C17H18BrN3O3/c1-11-14(10-19-21(11)13-6-4-12(18)5-7-13)15(22)20-9-3-8-17(20,2)16(23)24/h4-7,10H,3,8-9H2,1-2H3,(H,23,24). The molecule has 24 heavy (non-hydrogen) atoms. The van der Waals surface area contributed by atoms with Gasteiger partial charge in [0.15, 0.2) is 0 Å². The third-order valence-electron chi connectivity index (χ3n) is 4.66. The van der Waals surface area contributed by atoms with Crippen molar-refractivity contribution in [1.29, 1.82) is 0 Å². The van der Waals surface area contributed by atoms with Crippen molar-refractivity contribution in [2.45, 2.75) is 32.2 Å². The average molecular weight is 392 g/mol. The number of halogens is 1. The van der Waals surface area contributed by atoms with Crippen LogP contribution in [0, 0.1) is 6.92 Å². The lowest BCUT2D eigenvalue weighted by molar-refractivity contribution is -0.147. The fourth-order valence-electron chi connectivity index (χ4n) is 3.12. The second kappa shape index (κ2) is 6.05. The smallest absolute Gasteiger partial charge is 0.329 e. The van der Waals surface area contributed by atoms with Crippen molar-refractivity contribution in [3.8, 4) is 5.69 Å². The molecule has 0 aliphatic carbocycles. The third-order valence-corrected chi connectivity index (χ3v) is 5.19. The Kier molecular flexibility index (Phi) is 4.21. The zero-order chi connectivity index (χ0) is 17.5. The number of aliphatic carboxylic acids is 1. The number of likely N-dealkylation sites (tertiary alicyclic amines) is 1. The first-order chi connectivity index (χ1) is 11.3. The maximum atomic E-state index is 12.9. The summed E-state index contributed by atoms with van der Waals surface area (Å²) in [5, 5.41) is 13.8. The Labute approximate surface area is 148 Å². The molecule has 0 bridgehead atoms. The van der Waals surface area contributed by atoms with Gasteiger partial charge in [0.2, 0.25) is 0 Å². The highest BCUT2D eigenvalue weighted by Crippen LogP contribution is 2.31. The first kappa shape index (κ1) is 16.7. The highest BCUT2D eigenvalue weighted by molar-refractivity contribution is 9.10. The van der Waals surface area contributed by atoms with Crippen LogP contribution in [-0.4, -0.2) is 43.7 Å². The quantitative estimate of drug-likeness (QED) is 0.872. The summed E-state index contributed by atoms with van der Waals surface area (Å²) in [7, 11) is 0. The van der Waals surface area contributed by atoms with Crippen LogP contribution in [0.25, 0.3) is 5.69 Å². The average Bonchev–Trinajstić information content (AvgIpc) is 3.12. The van der Waals surface area contributed by atoms with E-state index < -0.39 is 11.5 Å². The summed E-state index contributed by atoms with van der Waals surface area (Å²) >= 11 is 3.39. The Balaban J connectivity index is 1.95. The molecule has 2 heterocycles. The van der Waals surface area contributed by atoms with Crippen LogP contribution in [0.2, 0.25) is 0 Å². The van der Waals surface area contributed by atoms with Gasteiger partial charge in [-0.1, -0.05) is 15.9 Å². The zero-order valence-electron chi connectivity index (χ0n) is 13.5. The van der Waals surface area contributed by atoms with Crippen molar-refractivity contribution in [2.24, 2.45) is 0 Å². The summed E-state index contributed by atoms with van der Waals surface area (Å²) in [5.74, 6) is -1.25. The Morgan fingerprint density at radius 3 is 2.58 bits per heavy atom. The van der Waals surface area contributed by atoms with Crippen LogP contribution >= 0.6 is 15.9 Å². The molecule has 1 amide bonds. The zero-order valence-corrected chi connectivity index (χ0v) is 15.1. The van der Waals surface area contributed by atoms with Gasteiger partial charge in [-0.05, 0) is 51.0 Å². The van der Waals surface area contributed by atoms with Crippen molar-refractivity contribution in [2.75, 3.05) is 6.54 Å². The molecule has 1 atom stereocenters. The number of amides is 1. The van der Waals surface area contributed by atoms with Crippen molar-refractivity contribution in [3.63, 3.8) is 0 Å². The molecule has 1 unspecified atom stereocenters. The van der Waals surface area contributed by atoms with Gasteiger partial charge in [-0.3, -0.25) is 4.79 Å². The number of hydrogen-bond donors (Lipinski definition) is 1. The molecular formula is C17H18BrN3O3. The van der Waals surface area contributed by atoms with Gasteiger partial charge < -0.3 is 10.0 Å². The lowest BCUT2D eigenvalue weighted by Gasteiger charge is -2.31. The first-order valence-corrected chi connectivity index (χ1v) is 8.50. The topological polar surface area (TPSA) is 75.4 Å². The summed E-state index contributed by atoms with van der Waals surface area (Å²) in [4.78, 5) is 25.9. The highest BCUT2D eigenvalue weighted by atomic mass is 79.9. The Bertz CT molecular complexity index is 800. The van der Waals surface area contributed by atoms with Crippen LogP contribution in [0.4, 0.5) is 0 Å². The molecule has 0 radical (unpaired) electrons. The number of carboxylic acids is 1. The normalized spacial score (nSPS) is 20.4. The number of benzene rings is 1. The van der Waals surface area contributed by atoms with Gasteiger partial charge in [-0.15, -0.1) is 0 Å².